The number of carboxylic acid groups (broad SMARTS) is 1. The summed E-state index contributed by atoms with van der Waals surface area (Å²) in [6.45, 7) is 8.35. The number of carboxylic acids is 1. The van der Waals surface area contributed by atoms with E-state index in [2.05, 4.69) is 37.9 Å². The third-order valence-corrected chi connectivity index (χ3v) is 4.87. The Morgan fingerprint density at radius 1 is 1.24 bits per heavy atom. The number of pyridine rings is 1. The fourth-order valence-corrected chi connectivity index (χ4v) is 3.13. The number of aromatic nitrogens is 1. The molecule has 1 atom stereocenters. The zero-order chi connectivity index (χ0) is 21.8. The summed E-state index contributed by atoms with van der Waals surface area (Å²) in [6, 6.07) is 11.8. The molecule has 5 nitrogen and oxygen atoms in total. The molecule has 1 heterocycles. The normalized spacial score (nSPS) is 13.1. The average Bonchev–Trinajstić information content (AvgIpc) is 2.66. The molecule has 0 aliphatic carbocycles. The minimum Gasteiger partial charge on any atom is -0.480 e. The topological polar surface area (TPSA) is 83.3 Å². The lowest BCUT2D eigenvalue weighted by Crippen LogP contribution is -2.14. The maximum atomic E-state index is 11.0. The van der Waals surface area contributed by atoms with Gasteiger partial charge in [-0.05, 0) is 34.6 Å². The zero-order valence-electron chi connectivity index (χ0n) is 17.4. The highest BCUT2D eigenvalue weighted by Crippen LogP contribution is 2.31. The van der Waals surface area contributed by atoms with Crippen LogP contribution in [0.4, 0.5) is 0 Å². The molecule has 154 valence electrons. The smallest absolute Gasteiger partial charge is 0.349 e. The number of methoxy groups -OCH3 is 1. The Morgan fingerprint density at radius 2 is 1.86 bits per heavy atom. The Hall–Kier alpha value is -2.66. The molecule has 1 aromatic carbocycles. The van der Waals surface area contributed by atoms with Crippen LogP contribution in [-0.4, -0.2) is 28.9 Å². The standard InChI is InChI=1S/C23H27ClN2O3/c1-14(13-19(25)22(27)28)12-17(20-11-10-18(24)21(26-20)29-5)15-6-8-16(9-7-15)23(2,3)4/h6-12,14,25H,13H2,1-5H3,(H,27,28)/t14-/m0/s1. The highest BCUT2D eigenvalue weighted by atomic mass is 35.5. The van der Waals surface area contributed by atoms with Crippen molar-refractivity contribution in [3.63, 3.8) is 0 Å². The van der Waals surface area contributed by atoms with Crippen molar-refractivity contribution in [3.05, 3.63) is 64.3 Å². The predicted molar refractivity (Wildman–Crippen MR) is 117 cm³/mol. The van der Waals surface area contributed by atoms with Gasteiger partial charge in [0.1, 0.15) is 10.7 Å². The van der Waals surface area contributed by atoms with Gasteiger partial charge >= 0.3 is 5.97 Å². The van der Waals surface area contributed by atoms with Gasteiger partial charge in [-0.25, -0.2) is 9.78 Å². The van der Waals surface area contributed by atoms with Gasteiger partial charge in [0.25, 0.3) is 0 Å². The van der Waals surface area contributed by atoms with Gasteiger partial charge in [-0.1, -0.05) is 69.6 Å². The predicted octanol–water partition coefficient (Wildman–Crippen LogP) is 5.60. The summed E-state index contributed by atoms with van der Waals surface area (Å²) < 4.78 is 5.25. The van der Waals surface area contributed by atoms with Gasteiger partial charge in [-0.15, -0.1) is 0 Å². The van der Waals surface area contributed by atoms with Gasteiger partial charge in [0.05, 0.1) is 12.8 Å². The summed E-state index contributed by atoms with van der Waals surface area (Å²) in [7, 11) is 1.51. The van der Waals surface area contributed by atoms with Crippen molar-refractivity contribution >= 4 is 28.9 Å². The second-order valence-corrected chi connectivity index (χ2v) is 8.47. The minimum atomic E-state index is -1.20. The number of benzene rings is 1. The van der Waals surface area contributed by atoms with Gasteiger partial charge in [0.15, 0.2) is 0 Å². The lowest BCUT2D eigenvalue weighted by Gasteiger charge is -2.20. The zero-order valence-corrected chi connectivity index (χ0v) is 18.2. The average molecular weight is 415 g/mol. The van der Waals surface area contributed by atoms with Gasteiger partial charge in [-0.2, -0.15) is 0 Å². The molecule has 0 saturated heterocycles. The number of carbonyl (C=O) groups is 1. The lowest BCUT2D eigenvalue weighted by atomic mass is 9.85. The number of ether oxygens (including phenoxy) is 1. The van der Waals surface area contributed by atoms with Crippen molar-refractivity contribution in [2.45, 2.75) is 39.5 Å². The summed E-state index contributed by atoms with van der Waals surface area (Å²) in [5.41, 5.74) is 3.38. The van der Waals surface area contributed by atoms with Crippen LogP contribution in [0.5, 0.6) is 5.88 Å². The molecule has 0 unspecified atom stereocenters. The lowest BCUT2D eigenvalue weighted by molar-refractivity contribution is -0.129. The van der Waals surface area contributed by atoms with E-state index in [-0.39, 0.29) is 23.5 Å². The number of nitrogens with one attached hydrogen (secondary N) is 1. The molecule has 2 rings (SSSR count). The molecule has 0 aliphatic heterocycles. The molecule has 29 heavy (non-hydrogen) atoms. The van der Waals surface area contributed by atoms with Gasteiger partial charge in [-0.3, -0.25) is 5.41 Å². The molecule has 0 radical (unpaired) electrons. The van der Waals surface area contributed by atoms with Gasteiger partial charge < -0.3 is 9.84 Å². The van der Waals surface area contributed by atoms with Crippen LogP contribution in [0.25, 0.3) is 5.57 Å². The fraction of sp³-hybridized carbons (Fsp3) is 0.348. The molecule has 2 N–H and O–H groups in total. The summed E-state index contributed by atoms with van der Waals surface area (Å²) in [6.07, 6.45) is 2.07. The van der Waals surface area contributed by atoms with E-state index in [4.69, 9.17) is 26.9 Å². The van der Waals surface area contributed by atoms with Crippen LogP contribution in [0, 0.1) is 11.3 Å². The third-order valence-electron chi connectivity index (χ3n) is 4.58. The SMILES string of the molecule is COc1nc(C(=C[C@H](C)CC(=N)C(=O)O)c2ccc(C(C)(C)C)cc2)ccc1Cl. The Kier molecular flexibility index (Phi) is 7.20. The molecular weight excluding hydrogens is 388 g/mol. The van der Waals surface area contributed by atoms with Crippen LogP contribution in [0.2, 0.25) is 5.02 Å². The number of hydrogen-bond acceptors (Lipinski definition) is 4. The number of halogens is 1. The second-order valence-electron chi connectivity index (χ2n) is 8.06. The monoisotopic (exact) mass is 414 g/mol. The number of rotatable bonds is 7. The quantitative estimate of drug-likeness (QED) is 0.577. The van der Waals surface area contributed by atoms with Crippen LogP contribution in [0.3, 0.4) is 0 Å². The number of nitrogens with zero attached hydrogens (tertiary/aromatic N) is 1. The summed E-state index contributed by atoms with van der Waals surface area (Å²) in [5, 5.41) is 17.1. The molecule has 0 saturated carbocycles. The molecule has 0 bridgehead atoms. The Balaban J connectivity index is 2.52. The molecule has 1 aromatic heterocycles. The highest BCUT2D eigenvalue weighted by Gasteiger charge is 2.17. The van der Waals surface area contributed by atoms with E-state index < -0.39 is 5.97 Å². The van der Waals surface area contributed by atoms with Gasteiger partial charge in [0.2, 0.25) is 5.88 Å². The maximum absolute atomic E-state index is 11.0. The molecule has 0 spiro atoms. The molecule has 2 aromatic rings. The Bertz CT molecular complexity index is 928. The van der Waals surface area contributed by atoms with E-state index in [9.17, 15) is 4.79 Å². The maximum Gasteiger partial charge on any atom is 0.349 e. The minimum absolute atomic E-state index is 0.0357. The van der Waals surface area contributed by atoms with E-state index >= 15 is 0 Å². The van der Waals surface area contributed by atoms with E-state index in [0.29, 0.717) is 16.6 Å². The first-order chi connectivity index (χ1) is 13.5. The molecule has 6 heteroatoms. The molecule has 0 amide bonds. The van der Waals surface area contributed by atoms with Crippen molar-refractivity contribution in [3.8, 4) is 5.88 Å². The van der Waals surface area contributed by atoms with Crippen LogP contribution < -0.4 is 4.74 Å². The van der Waals surface area contributed by atoms with Crippen molar-refractivity contribution in [2.24, 2.45) is 5.92 Å². The fourth-order valence-electron chi connectivity index (χ4n) is 2.95. The summed E-state index contributed by atoms with van der Waals surface area (Å²) >= 11 is 6.13. The first kappa shape index (κ1) is 22.6. The van der Waals surface area contributed by atoms with Crippen molar-refractivity contribution in [2.75, 3.05) is 7.11 Å². The number of allylic oxidation sites excluding steroid dienone is 1. The summed E-state index contributed by atoms with van der Waals surface area (Å²) in [5.74, 6) is -1.04. The highest BCUT2D eigenvalue weighted by molar-refractivity contribution is 6.34. The van der Waals surface area contributed by atoms with Crippen LogP contribution in [0.1, 0.15) is 50.9 Å². The van der Waals surface area contributed by atoms with Gasteiger partial charge in [0, 0.05) is 12.0 Å². The third kappa shape index (κ3) is 5.91. The first-order valence-corrected chi connectivity index (χ1v) is 9.75. The van der Waals surface area contributed by atoms with E-state index in [0.717, 1.165) is 11.1 Å². The van der Waals surface area contributed by atoms with E-state index in [1.54, 1.807) is 6.07 Å². The first-order valence-electron chi connectivity index (χ1n) is 9.37. The second kappa shape index (κ2) is 9.23. The molecule has 0 fully saturated rings. The largest absolute Gasteiger partial charge is 0.480 e. The van der Waals surface area contributed by atoms with Crippen LogP contribution >= 0.6 is 11.6 Å². The Morgan fingerprint density at radius 3 is 2.38 bits per heavy atom. The van der Waals surface area contributed by atoms with Crippen molar-refractivity contribution in [1.29, 1.82) is 5.41 Å². The number of aliphatic carboxylic acids is 1. The molecule has 0 aliphatic rings. The Labute approximate surface area is 176 Å². The van der Waals surface area contributed by atoms with E-state index in [1.165, 1.54) is 12.7 Å². The summed E-state index contributed by atoms with van der Waals surface area (Å²) in [4.78, 5) is 15.5. The van der Waals surface area contributed by atoms with E-state index in [1.807, 2.05) is 31.2 Å². The van der Waals surface area contributed by atoms with Crippen molar-refractivity contribution in [1.82, 2.24) is 4.98 Å². The van der Waals surface area contributed by atoms with Crippen LogP contribution in [-0.2, 0) is 10.2 Å². The van der Waals surface area contributed by atoms with Crippen LogP contribution in [0.15, 0.2) is 42.5 Å². The molecular formula is C23H27ClN2O3. The number of hydrogen-bond donors (Lipinski definition) is 2. The van der Waals surface area contributed by atoms with Crippen molar-refractivity contribution < 1.29 is 14.6 Å².